The Bertz CT molecular complexity index is 2760. The van der Waals surface area contributed by atoms with Gasteiger partial charge in [0.25, 0.3) is 6.71 Å². The molecular weight excluding hydrogens is 629 g/mol. The molecule has 3 aliphatic heterocycles. The van der Waals surface area contributed by atoms with Gasteiger partial charge in [-0.2, -0.15) is 0 Å². The molecule has 7 aromatic carbocycles. The molecule has 12 rings (SSSR count). The Balaban J connectivity index is 1.27. The zero-order valence-electron chi connectivity index (χ0n) is 29.6. The van der Waals surface area contributed by atoms with Gasteiger partial charge >= 0.3 is 0 Å². The second-order valence-electron chi connectivity index (χ2n) is 16.0. The summed E-state index contributed by atoms with van der Waals surface area (Å²) in [6.07, 6.45) is 4.94. The van der Waals surface area contributed by atoms with Crippen molar-refractivity contribution in [2.75, 3.05) is 9.80 Å². The summed E-state index contributed by atoms with van der Waals surface area (Å²) >= 11 is 0. The predicted molar refractivity (Wildman–Crippen MR) is 220 cm³/mol. The van der Waals surface area contributed by atoms with Gasteiger partial charge in [-0.25, -0.2) is 0 Å². The first-order chi connectivity index (χ1) is 25.5. The minimum Gasteiger partial charge on any atom is -0.335 e. The molecule has 4 heterocycles. The molecule has 2 atom stereocenters. The van der Waals surface area contributed by atoms with Crippen molar-refractivity contribution in [2.45, 2.75) is 50.5 Å². The predicted octanol–water partition coefficient (Wildman–Crippen LogP) is 10.3. The summed E-state index contributed by atoms with van der Waals surface area (Å²) in [7, 11) is 0. The van der Waals surface area contributed by atoms with E-state index in [0.717, 1.165) is 11.4 Å². The molecule has 0 N–H and O–H groups in total. The van der Waals surface area contributed by atoms with E-state index in [9.17, 15) is 0 Å². The Kier molecular flexibility index (Phi) is 5.55. The Morgan fingerprint density at radius 2 is 1.23 bits per heavy atom. The average molecular weight is 668 g/mol. The Hall–Kier alpha value is -5.74. The standard InChI is InChI=1S/C48H38BN3/c1-47-25-11-12-26-48(47,2)52-43-30-35(50(33-17-5-3-6-18-33)34-19-7-4-8-20-34)29-42-44(43)49(40-24-14-22-38(47)46(40)52)39-23-13-21-36-37-27-31-15-9-10-16-32(31)28-41(37)51(42)45(36)39/h3-10,13-24,27-30H,11-12,25-26H2,1-2H3. The van der Waals surface area contributed by atoms with Crippen LogP contribution in [-0.4, -0.2) is 16.8 Å². The second-order valence-corrected chi connectivity index (χ2v) is 16.0. The fraction of sp³-hybridized carbons (Fsp3) is 0.167. The molecular formula is C48H38BN3. The molecule has 3 nitrogen and oxygen atoms in total. The van der Waals surface area contributed by atoms with Crippen LogP contribution in [0.5, 0.6) is 0 Å². The van der Waals surface area contributed by atoms with Crippen LogP contribution in [-0.2, 0) is 5.41 Å². The lowest BCUT2D eigenvalue weighted by molar-refractivity contribution is 0.195. The summed E-state index contributed by atoms with van der Waals surface area (Å²) in [5, 5.41) is 5.22. The summed E-state index contributed by atoms with van der Waals surface area (Å²) in [5.74, 6) is 0. The molecule has 0 spiro atoms. The molecule has 4 heteroatoms. The zero-order valence-corrected chi connectivity index (χ0v) is 29.6. The normalized spacial score (nSPS) is 20.7. The number of hydrogen-bond donors (Lipinski definition) is 0. The number of nitrogens with zero attached hydrogens (tertiary/aromatic N) is 3. The van der Waals surface area contributed by atoms with E-state index in [4.69, 9.17) is 0 Å². The largest absolute Gasteiger partial charge is 0.335 e. The van der Waals surface area contributed by atoms with Crippen molar-refractivity contribution in [2.24, 2.45) is 0 Å². The molecule has 0 saturated heterocycles. The second kappa shape index (κ2) is 9.98. The van der Waals surface area contributed by atoms with Crippen LogP contribution >= 0.6 is 0 Å². The highest BCUT2D eigenvalue weighted by atomic mass is 15.3. The van der Waals surface area contributed by atoms with Gasteiger partial charge in [-0.3, -0.25) is 0 Å². The maximum atomic E-state index is 2.84. The first-order valence-corrected chi connectivity index (χ1v) is 19.0. The Morgan fingerprint density at radius 1 is 0.577 bits per heavy atom. The maximum Gasteiger partial charge on any atom is 0.252 e. The van der Waals surface area contributed by atoms with Crippen molar-refractivity contribution in [1.82, 2.24) is 4.57 Å². The highest BCUT2D eigenvalue weighted by Gasteiger charge is 2.61. The van der Waals surface area contributed by atoms with E-state index in [2.05, 4.69) is 174 Å². The Labute approximate surface area is 304 Å². The summed E-state index contributed by atoms with van der Waals surface area (Å²) in [6, 6.07) is 54.9. The van der Waals surface area contributed by atoms with E-state index in [1.165, 1.54) is 103 Å². The highest BCUT2D eigenvalue weighted by Crippen LogP contribution is 2.61. The van der Waals surface area contributed by atoms with E-state index < -0.39 is 0 Å². The van der Waals surface area contributed by atoms with Crippen LogP contribution in [0.4, 0.5) is 28.4 Å². The van der Waals surface area contributed by atoms with Crippen LogP contribution in [0.2, 0.25) is 0 Å². The molecule has 4 aliphatic rings. The molecule has 1 saturated carbocycles. The molecule has 0 radical (unpaired) electrons. The molecule has 52 heavy (non-hydrogen) atoms. The van der Waals surface area contributed by atoms with Crippen LogP contribution in [0, 0.1) is 0 Å². The van der Waals surface area contributed by atoms with Crippen LogP contribution in [0.1, 0.15) is 45.1 Å². The molecule has 0 amide bonds. The minimum atomic E-state index is -0.0351. The fourth-order valence-electron chi connectivity index (χ4n) is 11.1. The molecule has 0 bridgehead atoms. The van der Waals surface area contributed by atoms with Crippen molar-refractivity contribution < 1.29 is 0 Å². The number of para-hydroxylation sites is 4. The van der Waals surface area contributed by atoms with Crippen LogP contribution in [0.3, 0.4) is 0 Å². The Morgan fingerprint density at radius 3 is 2.00 bits per heavy atom. The molecule has 248 valence electrons. The lowest BCUT2D eigenvalue weighted by Crippen LogP contribution is -2.64. The van der Waals surface area contributed by atoms with Gasteiger partial charge in [0.2, 0.25) is 0 Å². The third-order valence-electron chi connectivity index (χ3n) is 13.6. The number of fused-ring (bicyclic) bond motifs is 11. The first kappa shape index (κ1) is 28.9. The summed E-state index contributed by atoms with van der Waals surface area (Å²) in [4.78, 5) is 5.31. The smallest absolute Gasteiger partial charge is 0.252 e. The SMILES string of the molecule is CC12CCCCC1(C)N1c3cc(N(c4ccccc4)c4ccccc4)cc4c3B(c3cccc2c31)c1cccc2c3cc5ccccc5cc3n-4c12. The van der Waals surface area contributed by atoms with E-state index in [1.54, 1.807) is 0 Å². The molecule has 8 aromatic rings. The highest BCUT2D eigenvalue weighted by molar-refractivity contribution is 7.00. The lowest BCUT2D eigenvalue weighted by Gasteiger charge is -2.52. The van der Waals surface area contributed by atoms with Crippen molar-refractivity contribution in [3.8, 4) is 5.69 Å². The van der Waals surface area contributed by atoms with Gasteiger partial charge in [0, 0.05) is 50.1 Å². The van der Waals surface area contributed by atoms with Gasteiger partial charge in [0.15, 0.2) is 0 Å². The van der Waals surface area contributed by atoms with E-state index in [1.807, 2.05) is 0 Å². The molecule has 2 unspecified atom stereocenters. The monoisotopic (exact) mass is 667 g/mol. The topological polar surface area (TPSA) is 11.4 Å². The van der Waals surface area contributed by atoms with Crippen molar-refractivity contribution in [3.63, 3.8) is 0 Å². The van der Waals surface area contributed by atoms with Crippen LogP contribution < -0.4 is 26.2 Å². The van der Waals surface area contributed by atoms with Gasteiger partial charge in [-0.05, 0) is 101 Å². The number of anilines is 5. The van der Waals surface area contributed by atoms with Gasteiger partial charge in [0.1, 0.15) is 0 Å². The number of benzene rings is 7. The van der Waals surface area contributed by atoms with Gasteiger partial charge < -0.3 is 14.4 Å². The third kappa shape index (κ3) is 3.44. The summed E-state index contributed by atoms with van der Waals surface area (Å²) in [6.45, 7) is 5.30. The molecule has 1 fully saturated rings. The summed E-state index contributed by atoms with van der Waals surface area (Å²) < 4.78 is 2.63. The minimum absolute atomic E-state index is 0.0351. The van der Waals surface area contributed by atoms with Crippen LogP contribution in [0.25, 0.3) is 38.3 Å². The van der Waals surface area contributed by atoms with E-state index in [-0.39, 0.29) is 17.7 Å². The first-order valence-electron chi connectivity index (χ1n) is 19.0. The molecule has 1 aliphatic carbocycles. The van der Waals surface area contributed by atoms with Crippen molar-refractivity contribution in [3.05, 3.63) is 151 Å². The number of aromatic nitrogens is 1. The van der Waals surface area contributed by atoms with Crippen LogP contribution in [0.15, 0.2) is 146 Å². The fourth-order valence-corrected chi connectivity index (χ4v) is 11.1. The lowest BCUT2D eigenvalue weighted by atomic mass is 9.33. The summed E-state index contributed by atoms with van der Waals surface area (Å²) in [5.41, 5.74) is 16.2. The van der Waals surface area contributed by atoms with Crippen molar-refractivity contribution in [1.29, 1.82) is 0 Å². The third-order valence-corrected chi connectivity index (χ3v) is 13.6. The number of rotatable bonds is 3. The van der Waals surface area contributed by atoms with E-state index >= 15 is 0 Å². The molecule has 1 aromatic heterocycles. The average Bonchev–Trinajstić information content (AvgIpc) is 3.62. The van der Waals surface area contributed by atoms with Crippen molar-refractivity contribution >= 4 is 84.1 Å². The van der Waals surface area contributed by atoms with E-state index in [0.29, 0.717) is 0 Å². The van der Waals surface area contributed by atoms with Gasteiger partial charge in [-0.15, -0.1) is 0 Å². The quantitative estimate of drug-likeness (QED) is 0.174. The van der Waals surface area contributed by atoms with Gasteiger partial charge in [0.05, 0.1) is 16.7 Å². The maximum absolute atomic E-state index is 2.84. The number of hydrogen-bond acceptors (Lipinski definition) is 2. The van der Waals surface area contributed by atoms with Gasteiger partial charge in [-0.1, -0.05) is 117 Å². The zero-order chi connectivity index (χ0) is 34.3.